The number of benzene rings is 3. The number of imidazole rings is 1. The van der Waals surface area contributed by atoms with Crippen LogP contribution in [-0.4, -0.2) is 51.1 Å². The van der Waals surface area contributed by atoms with Gasteiger partial charge in [-0.25, -0.2) is 14.6 Å². The number of para-hydroxylation sites is 1. The van der Waals surface area contributed by atoms with Gasteiger partial charge in [0.1, 0.15) is 5.75 Å². The molecule has 0 atom stereocenters. The summed E-state index contributed by atoms with van der Waals surface area (Å²) in [5.74, 6) is 0.298. The number of thioether (sulfide) groups is 1. The Morgan fingerprint density at radius 2 is 1.81 bits per heavy atom. The predicted molar refractivity (Wildman–Crippen MR) is 141 cm³/mol. The van der Waals surface area contributed by atoms with E-state index in [9.17, 15) is 9.59 Å². The van der Waals surface area contributed by atoms with Gasteiger partial charge in [0.2, 0.25) is 0 Å². The molecule has 0 saturated carbocycles. The van der Waals surface area contributed by atoms with Crippen molar-refractivity contribution in [1.29, 1.82) is 0 Å². The molecule has 5 rings (SSSR count). The second-order valence-electron chi connectivity index (χ2n) is 8.57. The summed E-state index contributed by atoms with van der Waals surface area (Å²) < 4.78 is 7.07. The average Bonchev–Trinajstić information content (AvgIpc) is 3.53. The molecule has 1 fully saturated rings. The van der Waals surface area contributed by atoms with Crippen molar-refractivity contribution in [3.63, 3.8) is 0 Å². The number of nitrogens with zero attached hydrogens (tertiary/aromatic N) is 3. The molecule has 0 unspecified atom stereocenters. The van der Waals surface area contributed by atoms with Crippen LogP contribution in [0, 0.1) is 0 Å². The molecule has 3 aromatic carbocycles. The lowest BCUT2D eigenvalue weighted by Gasteiger charge is -2.16. The number of amides is 2. The molecule has 1 aromatic heterocycles. The first-order valence-corrected chi connectivity index (χ1v) is 12.9. The van der Waals surface area contributed by atoms with Crippen molar-refractivity contribution < 1.29 is 19.4 Å². The monoisotopic (exact) mass is 502 g/mol. The molecule has 8 nitrogen and oxygen atoms in total. The van der Waals surface area contributed by atoms with E-state index in [1.165, 1.54) is 0 Å². The topological polar surface area (TPSA) is 96.7 Å². The van der Waals surface area contributed by atoms with Crippen molar-refractivity contribution in [2.75, 3.05) is 24.7 Å². The van der Waals surface area contributed by atoms with E-state index in [0.29, 0.717) is 17.9 Å². The summed E-state index contributed by atoms with van der Waals surface area (Å²) in [5.41, 5.74) is 5.21. The second kappa shape index (κ2) is 10.3. The number of urea groups is 1. The molecule has 184 valence electrons. The summed E-state index contributed by atoms with van der Waals surface area (Å²) in [6, 6.07) is 20.8. The lowest BCUT2D eigenvalue weighted by molar-refractivity contribution is 0.144. The minimum atomic E-state index is -1.34. The second-order valence-corrected chi connectivity index (χ2v) is 9.35. The molecule has 0 aliphatic carbocycles. The maximum absolute atomic E-state index is 12.6. The van der Waals surface area contributed by atoms with Crippen LogP contribution in [0.3, 0.4) is 0 Å². The van der Waals surface area contributed by atoms with Crippen molar-refractivity contribution in [2.24, 2.45) is 0 Å². The van der Waals surface area contributed by atoms with Crippen LogP contribution in [0.4, 0.5) is 15.3 Å². The molecular formula is C27H26N4O4S. The largest absolute Gasteiger partial charge is 0.511 e. The van der Waals surface area contributed by atoms with Crippen LogP contribution in [-0.2, 0) is 6.54 Å². The molecule has 1 aliphatic heterocycles. The summed E-state index contributed by atoms with van der Waals surface area (Å²) in [7, 11) is 0. The standard InChI is InChI=1S/C27H26N4O4S/c1-36-26-29-22-13-12-20(28-25(32)30-14-4-5-15-30)16-23(22)31(26)17-18-8-10-19(11-9-18)21-6-2-3-7-24(21)35-27(33)34/h2-3,6-13,16H,4-5,14-15,17H2,1H3,(H,28,32)(H,33,34). The van der Waals surface area contributed by atoms with Crippen molar-refractivity contribution in [3.05, 3.63) is 72.3 Å². The van der Waals surface area contributed by atoms with Gasteiger partial charge in [0.15, 0.2) is 5.16 Å². The fourth-order valence-electron chi connectivity index (χ4n) is 4.47. The molecule has 0 bridgehead atoms. The Morgan fingerprint density at radius 3 is 2.53 bits per heavy atom. The number of carbonyl (C=O) groups excluding carboxylic acids is 1. The quantitative estimate of drug-likeness (QED) is 0.186. The number of carbonyl (C=O) groups is 2. The smallest absolute Gasteiger partial charge is 0.449 e. The molecule has 2 N–H and O–H groups in total. The van der Waals surface area contributed by atoms with E-state index in [-0.39, 0.29) is 6.03 Å². The van der Waals surface area contributed by atoms with Crippen molar-refractivity contribution in [2.45, 2.75) is 24.5 Å². The Labute approximate surface area is 212 Å². The first-order chi connectivity index (χ1) is 17.5. The molecule has 9 heteroatoms. The molecule has 0 spiro atoms. The van der Waals surface area contributed by atoms with Gasteiger partial charge in [-0.3, -0.25) is 0 Å². The highest BCUT2D eigenvalue weighted by Gasteiger charge is 2.19. The number of rotatable bonds is 6. The van der Waals surface area contributed by atoms with E-state index in [1.807, 2.05) is 65.8 Å². The lowest BCUT2D eigenvalue weighted by atomic mass is 10.0. The molecule has 0 radical (unpaired) electrons. The Morgan fingerprint density at radius 1 is 1.06 bits per heavy atom. The van der Waals surface area contributed by atoms with E-state index >= 15 is 0 Å². The third-order valence-corrected chi connectivity index (χ3v) is 6.91. The SMILES string of the molecule is CSc1nc2ccc(NC(=O)N3CCCC3)cc2n1Cc1ccc(-c2ccccc2OC(=O)O)cc1. The minimum absolute atomic E-state index is 0.0641. The van der Waals surface area contributed by atoms with E-state index in [4.69, 9.17) is 14.8 Å². The van der Waals surface area contributed by atoms with E-state index < -0.39 is 6.16 Å². The van der Waals surface area contributed by atoms with Gasteiger partial charge in [-0.1, -0.05) is 54.2 Å². The van der Waals surface area contributed by atoms with Crippen LogP contribution < -0.4 is 10.1 Å². The van der Waals surface area contributed by atoms with Crippen molar-refractivity contribution >= 4 is 40.7 Å². The summed E-state index contributed by atoms with van der Waals surface area (Å²) >= 11 is 1.57. The number of fused-ring (bicyclic) bond motifs is 1. The highest BCUT2D eigenvalue weighted by molar-refractivity contribution is 7.98. The number of nitrogens with one attached hydrogen (secondary N) is 1. The van der Waals surface area contributed by atoms with Gasteiger partial charge < -0.3 is 24.6 Å². The molecule has 1 saturated heterocycles. The van der Waals surface area contributed by atoms with E-state index in [0.717, 1.165) is 58.9 Å². The van der Waals surface area contributed by atoms with Gasteiger partial charge in [-0.15, -0.1) is 0 Å². The molecule has 4 aromatic rings. The maximum atomic E-state index is 12.6. The number of anilines is 1. The molecule has 1 aliphatic rings. The third-order valence-electron chi connectivity index (χ3n) is 6.23. The van der Waals surface area contributed by atoms with Gasteiger partial charge in [-0.05, 0) is 54.5 Å². The average molecular weight is 503 g/mol. The van der Waals surface area contributed by atoms with Crippen LogP contribution in [0.5, 0.6) is 5.75 Å². The van der Waals surface area contributed by atoms with Crippen LogP contribution in [0.2, 0.25) is 0 Å². The van der Waals surface area contributed by atoms with Crippen molar-refractivity contribution in [3.8, 4) is 16.9 Å². The van der Waals surface area contributed by atoms with Crippen LogP contribution in [0.25, 0.3) is 22.2 Å². The van der Waals surface area contributed by atoms with Crippen LogP contribution in [0.1, 0.15) is 18.4 Å². The first kappa shape index (κ1) is 23.7. The van der Waals surface area contributed by atoms with E-state index in [2.05, 4.69) is 9.88 Å². The van der Waals surface area contributed by atoms with Crippen molar-refractivity contribution in [1.82, 2.24) is 14.5 Å². The number of likely N-dealkylation sites (tertiary alicyclic amines) is 1. The summed E-state index contributed by atoms with van der Waals surface area (Å²) in [6.45, 7) is 2.20. The maximum Gasteiger partial charge on any atom is 0.511 e. The molecule has 36 heavy (non-hydrogen) atoms. The summed E-state index contributed by atoms with van der Waals surface area (Å²) in [5, 5.41) is 12.9. The molecule has 2 heterocycles. The Hall–Kier alpha value is -3.98. The summed E-state index contributed by atoms with van der Waals surface area (Å²) in [4.78, 5) is 30.2. The number of aromatic nitrogens is 2. The molecule has 2 amide bonds. The van der Waals surface area contributed by atoms with Gasteiger partial charge in [0.25, 0.3) is 0 Å². The minimum Gasteiger partial charge on any atom is -0.449 e. The normalized spacial score (nSPS) is 13.2. The number of hydrogen-bond donors (Lipinski definition) is 2. The van der Waals surface area contributed by atoms with Gasteiger partial charge >= 0.3 is 12.2 Å². The fraction of sp³-hybridized carbons (Fsp3) is 0.222. The lowest BCUT2D eigenvalue weighted by Crippen LogP contribution is -2.32. The summed E-state index contributed by atoms with van der Waals surface area (Å²) in [6.07, 6.45) is 2.75. The Balaban J connectivity index is 1.40. The first-order valence-electron chi connectivity index (χ1n) is 11.7. The number of carboxylic acid groups (broad SMARTS) is 1. The zero-order chi connectivity index (χ0) is 25.1. The van der Waals surface area contributed by atoms with Crippen LogP contribution in [0.15, 0.2) is 71.9 Å². The number of ether oxygens (including phenoxy) is 1. The highest BCUT2D eigenvalue weighted by atomic mass is 32.2. The number of hydrogen-bond acceptors (Lipinski definition) is 5. The predicted octanol–water partition coefficient (Wildman–Crippen LogP) is 6.16. The fourth-order valence-corrected chi connectivity index (χ4v) is 5.04. The Bertz CT molecular complexity index is 1410. The zero-order valence-electron chi connectivity index (χ0n) is 19.8. The Kier molecular flexibility index (Phi) is 6.81. The third kappa shape index (κ3) is 5.01. The van der Waals surface area contributed by atoms with Gasteiger partial charge in [0, 0.05) is 24.3 Å². The zero-order valence-corrected chi connectivity index (χ0v) is 20.6. The van der Waals surface area contributed by atoms with E-state index in [1.54, 1.807) is 23.9 Å². The van der Waals surface area contributed by atoms with Crippen LogP contribution >= 0.6 is 11.8 Å². The molecular weight excluding hydrogens is 476 g/mol. The van der Waals surface area contributed by atoms with Gasteiger partial charge in [-0.2, -0.15) is 0 Å². The van der Waals surface area contributed by atoms with Gasteiger partial charge in [0.05, 0.1) is 17.6 Å². The highest BCUT2D eigenvalue weighted by Crippen LogP contribution is 2.31.